The van der Waals surface area contributed by atoms with Crippen LogP contribution in [0.3, 0.4) is 0 Å². The van der Waals surface area contributed by atoms with Crippen LogP contribution in [-0.2, 0) is 6.42 Å². The van der Waals surface area contributed by atoms with Gasteiger partial charge >= 0.3 is 0 Å². The van der Waals surface area contributed by atoms with Gasteiger partial charge in [-0.3, -0.25) is 9.36 Å². The van der Waals surface area contributed by atoms with Gasteiger partial charge in [-0.05, 0) is 50.2 Å². The largest absolute Gasteiger partial charge is 0.317 e. The molecule has 136 valence electrons. The summed E-state index contributed by atoms with van der Waals surface area (Å²) in [5.41, 5.74) is 2.30. The van der Waals surface area contributed by atoms with Crippen molar-refractivity contribution in [3.63, 3.8) is 0 Å². The zero-order valence-electron chi connectivity index (χ0n) is 15.5. The number of rotatable bonds is 2. The van der Waals surface area contributed by atoms with Crippen molar-refractivity contribution in [2.75, 3.05) is 13.1 Å². The Kier molecular flexibility index (Phi) is 5.04. The van der Waals surface area contributed by atoms with Gasteiger partial charge in [0.15, 0.2) is 0 Å². The Labute approximate surface area is 159 Å². The van der Waals surface area contributed by atoms with Crippen LogP contribution < -0.4 is 10.9 Å². The van der Waals surface area contributed by atoms with E-state index in [2.05, 4.69) is 17.2 Å². The molecule has 0 amide bonds. The van der Waals surface area contributed by atoms with E-state index in [9.17, 15) is 4.79 Å². The van der Waals surface area contributed by atoms with E-state index >= 15 is 0 Å². The predicted molar refractivity (Wildman–Crippen MR) is 109 cm³/mol. The molecule has 0 saturated carbocycles. The highest BCUT2D eigenvalue weighted by Gasteiger charge is 2.14. The van der Waals surface area contributed by atoms with Gasteiger partial charge in [0, 0.05) is 17.9 Å². The van der Waals surface area contributed by atoms with Crippen LogP contribution in [0.2, 0.25) is 0 Å². The maximum Gasteiger partial charge on any atom is 0.267 e. The first-order chi connectivity index (χ1) is 13.3. The molecule has 0 unspecified atom stereocenters. The van der Waals surface area contributed by atoms with Gasteiger partial charge < -0.3 is 5.32 Å². The molecule has 1 aromatic heterocycles. The maximum absolute atomic E-state index is 13.4. The number of piperidine rings is 1. The van der Waals surface area contributed by atoms with E-state index in [-0.39, 0.29) is 5.56 Å². The van der Waals surface area contributed by atoms with Crippen LogP contribution in [0.5, 0.6) is 0 Å². The third kappa shape index (κ3) is 3.51. The second-order valence-corrected chi connectivity index (χ2v) is 6.85. The molecule has 4 nitrogen and oxygen atoms in total. The fourth-order valence-electron chi connectivity index (χ4n) is 3.61. The normalized spacial score (nSPS) is 14.7. The lowest BCUT2D eigenvalue weighted by atomic mass is 9.98. The Hall–Kier alpha value is -2.90. The van der Waals surface area contributed by atoms with Gasteiger partial charge in [0.05, 0.1) is 16.6 Å². The van der Waals surface area contributed by atoms with Crippen molar-refractivity contribution in [2.24, 2.45) is 5.92 Å². The number of para-hydroxylation sites is 1. The molecule has 1 aliphatic rings. The number of fused-ring (bicyclic) bond motifs is 1. The molecule has 2 aromatic carbocycles. The highest BCUT2D eigenvalue weighted by atomic mass is 16.1. The molecule has 1 fully saturated rings. The Morgan fingerprint density at radius 1 is 1.11 bits per heavy atom. The summed E-state index contributed by atoms with van der Waals surface area (Å²) in [5, 5.41) is 3.97. The highest BCUT2D eigenvalue weighted by Crippen LogP contribution is 2.17. The van der Waals surface area contributed by atoms with Gasteiger partial charge in [-0.2, -0.15) is 0 Å². The Morgan fingerprint density at radius 3 is 2.63 bits per heavy atom. The maximum atomic E-state index is 13.4. The lowest BCUT2D eigenvalue weighted by Gasteiger charge is -2.17. The van der Waals surface area contributed by atoms with E-state index in [4.69, 9.17) is 4.98 Å². The van der Waals surface area contributed by atoms with Crippen LogP contribution in [0.4, 0.5) is 0 Å². The highest BCUT2D eigenvalue weighted by molar-refractivity contribution is 5.84. The summed E-state index contributed by atoms with van der Waals surface area (Å²) in [7, 11) is 0. The second-order valence-electron chi connectivity index (χ2n) is 6.85. The van der Waals surface area contributed by atoms with Gasteiger partial charge in [0.1, 0.15) is 5.82 Å². The summed E-state index contributed by atoms with van der Waals surface area (Å²) in [6.07, 6.45) is 2.81. The third-order valence-corrected chi connectivity index (χ3v) is 5.05. The molecule has 4 heteroatoms. The Bertz CT molecular complexity index is 1070. The molecule has 0 radical (unpaired) electrons. The average Bonchev–Trinajstić information content (AvgIpc) is 2.73. The molecule has 2 heterocycles. The molecule has 1 saturated heterocycles. The van der Waals surface area contributed by atoms with Crippen LogP contribution in [0, 0.1) is 17.8 Å². The standard InChI is InChI=1S/C23H23N3O/c1-2-21-25-20-10-6-7-18(12-11-17-13-15-24-16-14-17)22(20)23(27)26(21)19-8-4-3-5-9-19/h3-10,17,24H,2,13-16H2,1H3. The van der Waals surface area contributed by atoms with Gasteiger partial charge in [0.2, 0.25) is 0 Å². The average molecular weight is 357 g/mol. The smallest absolute Gasteiger partial charge is 0.267 e. The summed E-state index contributed by atoms with van der Waals surface area (Å²) in [4.78, 5) is 18.2. The molecule has 1 aliphatic heterocycles. The van der Waals surface area contributed by atoms with Crippen molar-refractivity contribution < 1.29 is 0 Å². The van der Waals surface area contributed by atoms with Crippen molar-refractivity contribution in [2.45, 2.75) is 26.2 Å². The fourth-order valence-corrected chi connectivity index (χ4v) is 3.61. The number of hydrogen-bond acceptors (Lipinski definition) is 3. The summed E-state index contributed by atoms with van der Waals surface area (Å²) < 4.78 is 1.72. The number of hydrogen-bond donors (Lipinski definition) is 1. The first-order valence-electron chi connectivity index (χ1n) is 9.60. The molecule has 0 aliphatic carbocycles. The molecular formula is C23H23N3O. The molecule has 0 spiro atoms. The minimum atomic E-state index is -0.0433. The van der Waals surface area contributed by atoms with Crippen LogP contribution in [0.25, 0.3) is 16.6 Å². The molecule has 3 aromatic rings. The van der Waals surface area contributed by atoms with Gasteiger partial charge in [0.25, 0.3) is 5.56 Å². The van der Waals surface area contributed by atoms with Gasteiger partial charge in [-0.25, -0.2) is 4.98 Å². The summed E-state index contributed by atoms with van der Waals surface area (Å²) in [5.74, 6) is 7.82. The topological polar surface area (TPSA) is 46.9 Å². The van der Waals surface area contributed by atoms with Crippen molar-refractivity contribution in [3.8, 4) is 17.5 Å². The summed E-state index contributed by atoms with van der Waals surface area (Å²) in [6, 6.07) is 15.5. The first-order valence-corrected chi connectivity index (χ1v) is 9.60. The fraction of sp³-hybridized carbons (Fsp3) is 0.304. The minimum absolute atomic E-state index is 0.0433. The number of aryl methyl sites for hydroxylation is 1. The van der Waals surface area contributed by atoms with Crippen LogP contribution in [0.15, 0.2) is 53.3 Å². The van der Waals surface area contributed by atoms with E-state index in [0.29, 0.717) is 17.7 Å². The molecular weight excluding hydrogens is 334 g/mol. The quantitative estimate of drug-likeness (QED) is 0.716. The Morgan fingerprint density at radius 2 is 1.89 bits per heavy atom. The van der Waals surface area contributed by atoms with Gasteiger partial charge in [-0.1, -0.05) is 43.0 Å². The SMILES string of the molecule is CCc1nc2cccc(C#CC3CCNCC3)c2c(=O)n1-c1ccccc1. The number of benzene rings is 2. The molecule has 0 bridgehead atoms. The number of aromatic nitrogens is 2. The molecule has 27 heavy (non-hydrogen) atoms. The van der Waals surface area contributed by atoms with Crippen LogP contribution in [0.1, 0.15) is 31.2 Å². The predicted octanol–water partition coefficient (Wildman–Crippen LogP) is 3.30. The third-order valence-electron chi connectivity index (χ3n) is 5.05. The van der Waals surface area contributed by atoms with E-state index in [1.807, 2.05) is 55.5 Å². The van der Waals surface area contributed by atoms with Crippen molar-refractivity contribution in [1.82, 2.24) is 14.9 Å². The monoisotopic (exact) mass is 357 g/mol. The minimum Gasteiger partial charge on any atom is -0.317 e. The number of nitrogens with one attached hydrogen (secondary N) is 1. The molecule has 4 rings (SSSR count). The van der Waals surface area contributed by atoms with E-state index in [1.54, 1.807) is 4.57 Å². The van der Waals surface area contributed by atoms with E-state index < -0.39 is 0 Å². The first kappa shape index (κ1) is 17.5. The molecule has 1 N–H and O–H groups in total. The lowest BCUT2D eigenvalue weighted by molar-refractivity contribution is 0.447. The lowest BCUT2D eigenvalue weighted by Crippen LogP contribution is -2.27. The second kappa shape index (κ2) is 7.77. The van der Waals surface area contributed by atoms with E-state index in [1.165, 1.54) is 0 Å². The zero-order chi connectivity index (χ0) is 18.6. The zero-order valence-corrected chi connectivity index (χ0v) is 15.5. The van der Waals surface area contributed by atoms with Crippen molar-refractivity contribution in [3.05, 3.63) is 70.3 Å². The molecule has 0 atom stereocenters. The Balaban J connectivity index is 1.89. The van der Waals surface area contributed by atoms with Gasteiger partial charge in [-0.15, -0.1) is 0 Å². The summed E-state index contributed by atoms with van der Waals surface area (Å²) >= 11 is 0. The van der Waals surface area contributed by atoms with Crippen molar-refractivity contribution in [1.29, 1.82) is 0 Å². The van der Waals surface area contributed by atoms with Crippen LogP contribution in [-0.4, -0.2) is 22.6 Å². The number of nitrogens with zero attached hydrogens (tertiary/aromatic N) is 2. The summed E-state index contributed by atoms with van der Waals surface area (Å²) in [6.45, 7) is 4.04. The van der Waals surface area contributed by atoms with E-state index in [0.717, 1.165) is 48.5 Å². The van der Waals surface area contributed by atoms with Crippen molar-refractivity contribution >= 4 is 10.9 Å². The van der Waals surface area contributed by atoms with Crippen LogP contribution >= 0.6 is 0 Å².